The maximum absolute atomic E-state index is 11.9. The number of hydrogen-bond acceptors (Lipinski definition) is 3. The van der Waals surface area contributed by atoms with E-state index in [1.54, 1.807) is 18.2 Å². The summed E-state index contributed by atoms with van der Waals surface area (Å²) in [5.74, 6) is -0.917. The third-order valence-corrected chi connectivity index (χ3v) is 3.09. The number of H-pyrrole nitrogens is 1. The number of halogens is 2. The Balaban J connectivity index is 2.30. The third-order valence-electron chi connectivity index (χ3n) is 2.27. The molecule has 2 rings (SSSR count). The van der Waals surface area contributed by atoms with Crippen molar-refractivity contribution >= 4 is 39.1 Å². The van der Waals surface area contributed by atoms with Gasteiger partial charge in [0.1, 0.15) is 0 Å². The molecule has 0 aliphatic rings. The smallest absolute Gasteiger partial charge is 0.256 e. The zero-order valence-electron chi connectivity index (χ0n) is 9.41. The fraction of sp³-hybridized carbons (Fsp3) is 0. The first-order chi connectivity index (χ1) is 8.95. The molecule has 19 heavy (non-hydrogen) atoms. The Kier molecular flexibility index (Phi) is 3.92. The van der Waals surface area contributed by atoms with Crippen molar-refractivity contribution in [2.45, 2.75) is 0 Å². The quantitative estimate of drug-likeness (QED) is 0.784. The summed E-state index contributed by atoms with van der Waals surface area (Å²) in [6, 6.07) is 7.23. The molecule has 0 spiro atoms. The molecule has 0 aliphatic heterocycles. The Morgan fingerprint density at radius 2 is 2.05 bits per heavy atom. The number of aromatic hydroxyl groups is 1. The van der Waals surface area contributed by atoms with Crippen LogP contribution in [-0.4, -0.2) is 16.0 Å². The molecule has 0 unspecified atom stereocenters. The number of benzene rings is 1. The van der Waals surface area contributed by atoms with E-state index in [4.69, 9.17) is 11.6 Å². The first kappa shape index (κ1) is 13.6. The second kappa shape index (κ2) is 5.46. The number of aromatic amines is 1. The van der Waals surface area contributed by atoms with E-state index >= 15 is 0 Å². The van der Waals surface area contributed by atoms with Gasteiger partial charge in [0.15, 0.2) is 5.88 Å². The minimum atomic E-state index is -0.564. The highest BCUT2D eigenvalue weighted by Gasteiger charge is 2.10. The Labute approximate surface area is 121 Å². The monoisotopic (exact) mass is 342 g/mol. The van der Waals surface area contributed by atoms with Gasteiger partial charge in [-0.2, -0.15) is 0 Å². The van der Waals surface area contributed by atoms with Crippen molar-refractivity contribution in [2.75, 3.05) is 5.32 Å². The molecule has 0 saturated carbocycles. The molecule has 2 aromatic rings. The van der Waals surface area contributed by atoms with Gasteiger partial charge in [0.2, 0.25) is 0 Å². The zero-order valence-corrected chi connectivity index (χ0v) is 11.7. The van der Waals surface area contributed by atoms with E-state index in [2.05, 4.69) is 26.2 Å². The van der Waals surface area contributed by atoms with Crippen LogP contribution in [0.2, 0.25) is 5.02 Å². The fourth-order valence-electron chi connectivity index (χ4n) is 1.45. The van der Waals surface area contributed by atoms with Crippen LogP contribution in [-0.2, 0) is 0 Å². The molecule has 0 aliphatic carbocycles. The van der Waals surface area contributed by atoms with Gasteiger partial charge >= 0.3 is 0 Å². The van der Waals surface area contributed by atoms with Crippen LogP contribution < -0.4 is 10.9 Å². The molecule has 7 heteroatoms. The molecule has 0 bridgehead atoms. The van der Waals surface area contributed by atoms with Gasteiger partial charge < -0.3 is 10.4 Å². The highest BCUT2D eigenvalue weighted by Crippen LogP contribution is 2.26. The van der Waals surface area contributed by atoms with Crippen LogP contribution in [0.1, 0.15) is 10.4 Å². The van der Waals surface area contributed by atoms with Gasteiger partial charge in [-0.05, 0) is 18.2 Å². The zero-order chi connectivity index (χ0) is 14.0. The van der Waals surface area contributed by atoms with Crippen LogP contribution in [0, 0.1) is 0 Å². The van der Waals surface area contributed by atoms with Gasteiger partial charge in [0, 0.05) is 16.6 Å². The lowest BCUT2D eigenvalue weighted by Gasteiger charge is -2.07. The lowest BCUT2D eigenvalue weighted by atomic mass is 10.2. The van der Waals surface area contributed by atoms with Crippen molar-refractivity contribution in [2.24, 2.45) is 0 Å². The van der Waals surface area contributed by atoms with Gasteiger partial charge in [-0.3, -0.25) is 14.6 Å². The summed E-state index contributed by atoms with van der Waals surface area (Å²) in [7, 11) is 0. The molecule has 1 amide bonds. The lowest BCUT2D eigenvalue weighted by Crippen LogP contribution is -2.16. The molecule has 0 saturated heterocycles. The average molecular weight is 344 g/mol. The predicted molar refractivity (Wildman–Crippen MR) is 75.8 cm³/mol. The molecule has 0 radical (unpaired) electrons. The topological polar surface area (TPSA) is 82.2 Å². The molecule has 98 valence electrons. The highest BCUT2D eigenvalue weighted by molar-refractivity contribution is 9.10. The first-order valence-corrected chi connectivity index (χ1v) is 6.32. The Morgan fingerprint density at radius 1 is 1.32 bits per heavy atom. The average Bonchev–Trinajstić information content (AvgIpc) is 2.32. The van der Waals surface area contributed by atoms with E-state index in [-0.39, 0.29) is 11.4 Å². The van der Waals surface area contributed by atoms with E-state index in [1.807, 2.05) is 0 Å². The minimum absolute atomic E-state index is 0.0392. The van der Waals surface area contributed by atoms with Gasteiger partial charge in [-0.15, -0.1) is 0 Å². The molecule has 0 fully saturated rings. The number of amides is 1. The Bertz CT molecular complexity index is 700. The van der Waals surface area contributed by atoms with Gasteiger partial charge in [-0.1, -0.05) is 27.5 Å². The summed E-state index contributed by atoms with van der Waals surface area (Å²) in [5.41, 5.74) is -0.122. The van der Waals surface area contributed by atoms with Crippen molar-refractivity contribution in [3.05, 3.63) is 55.7 Å². The summed E-state index contributed by atoms with van der Waals surface area (Å²) in [4.78, 5) is 25.2. The number of aromatic nitrogens is 1. The Hall–Kier alpha value is -1.79. The summed E-state index contributed by atoms with van der Waals surface area (Å²) in [6.45, 7) is 0. The lowest BCUT2D eigenvalue weighted by molar-refractivity contribution is 0.102. The second-order valence-corrected chi connectivity index (χ2v) is 5.02. The number of nitrogens with one attached hydrogen (secondary N) is 2. The number of carbonyl (C=O) groups is 1. The van der Waals surface area contributed by atoms with E-state index in [0.717, 1.165) is 16.6 Å². The van der Waals surface area contributed by atoms with Gasteiger partial charge in [0.25, 0.3) is 11.5 Å². The highest BCUT2D eigenvalue weighted by atomic mass is 79.9. The molecule has 0 atom stereocenters. The van der Waals surface area contributed by atoms with E-state index < -0.39 is 11.5 Å². The van der Waals surface area contributed by atoms with E-state index in [9.17, 15) is 14.7 Å². The van der Waals surface area contributed by atoms with Crippen LogP contribution in [0.15, 0.2) is 39.6 Å². The SMILES string of the molecule is O=C(Nc1cc(Br)ccc1Cl)c1cc(O)[nH]c(=O)c1. The number of hydrogen-bond donors (Lipinski definition) is 3. The van der Waals surface area contributed by atoms with Crippen LogP contribution in [0.3, 0.4) is 0 Å². The normalized spacial score (nSPS) is 10.2. The molecule has 1 aromatic heterocycles. The maximum atomic E-state index is 11.9. The van der Waals surface area contributed by atoms with Crippen LogP contribution >= 0.6 is 27.5 Å². The van der Waals surface area contributed by atoms with Crippen molar-refractivity contribution in [3.63, 3.8) is 0 Å². The number of pyridine rings is 1. The molecule has 3 N–H and O–H groups in total. The van der Waals surface area contributed by atoms with Crippen molar-refractivity contribution in [1.82, 2.24) is 4.98 Å². The van der Waals surface area contributed by atoms with E-state index in [1.165, 1.54) is 0 Å². The first-order valence-electron chi connectivity index (χ1n) is 5.15. The number of rotatable bonds is 2. The summed E-state index contributed by atoms with van der Waals surface area (Å²) >= 11 is 9.20. The van der Waals surface area contributed by atoms with Crippen molar-refractivity contribution in [3.8, 4) is 5.88 Å². The van der Waals surface area contributed by atoms with Gasteiger partial charge in [0.05, 0.1) is 16.3 Å². The van der Waals surface area contributed by atoms with Gasteiger partial charge in [-0.25, -0.2) is 0 Å². The summed E-state index contributed by atoms with van der Waals surface area (Å²) < 4.78 is 0.751. The Morgan fingerprint density at radius 3 is 2.74 bits per heavy atom. The summed E-state index contributed by atoms with van der Waals surface area (Å²) in [6.07, 6.45) is 0. The van der Waals surface area contributed by atoms with Crippen LogP contribution in [0.4, 0.5) is 5.69 Å². The minimum Gasteiger partial charge on any atom is -0.494 e. The van der Waals surface area contributed by atoms with Crippen LogP contribution in [0.5, 0.6) is 5.88 Å². The molecule has 1 aromatic carbocycles. The molecule has 5 nitrogen and oxygen atoms in total. The fourth-order valence-corrected chi connectivity index (χ4v) is 1.97. The van der Waals surface area contributed by atoms with Crippen LogP contribution in [0.25, 0.3) is 0 Å². The molecular weight excluding hydrogens is 336 g/mol. The number of carbonyl (C=O) groups excluding carboxylic acids is 1. The van der Waals surface area contributed by atoms with Crippen molar-refractivity contribution in [1.29, 1.82) is 0 Å². The molecular formula is C12H8BrClN2O3. The predicted octanol–water partition coefficient (Wildman–Crippen LogP) is 2.75. The molecule has 1 heterocycles. The maximum Gasteiger partial charge on any atom is 0.256 e. The van der Waals surface area contributed by atoms with E-state index in [0.29, 0.717) is 10.7 Å². The summed E-state index contributed by atoms with van der Waals surface area (Å²) in [5, 5.41) is 12.2. The largest absolute Gasteiger partial charge is 0.494 e. The second-order valence-electron chi connectivity index (χ2n) is 3.70. The third kappa shape index (κ3) is 3.36. The standard InChI is InChI=1S/C12H8BrClN2O3/c13-7-1-2-8(14)9(5-7)15-12(19)6-3-10(17)16-11(18)4-6/h1-5H,(H,15,19)(H2,16,17,18). The van der Waals surface area contributed by atoms with Crippen molar-refractivity contribution < 1.29 is 9.90 Å². The number of anilines is 1.